The molecule has 0 fully saturated rings. The molecule has 80 valence electrons. The molecule has 0 atom stereocenters. The molecule has 0 aliphatic carbocycles. The summed E-state index contributed by atoms with van der Waals surface area (Å²) in [6.07, 6.45) is -4.80. The Kier molecular flexibility index (Phi) is 3.99. The lowest BCUT2D eigenvalue weighted by Crippen LogP contribution is -2.18. The summed E-state index contributed by atoms with van der Waals surface area (Å²) in [5.41, 5.74) is 0.106. The molecule has 0 aromatic carbocycles. The van der Waals surface area contributed by atoms with Crippen LogP contribution in [0.1, 0.15) is 5.56 Å². The molecule has 15 heavy (non-hydrogen) atoms. The minimum atomic E-state index is -4.80. The van der Waals surface area contributed by atoms with Crippen LogP contribution in [0.25, 0.3) is 0 Å². The maximum Gasteiger partial charge on any atom is 0.574 e. The van der Waals surface area contributed by atoms with Crippen molar-refractivity contribution in [2.45, 2.75) is 6.36 Å². The van der Waals surface area contributed by atoms with Gasteiger partial charge < -0.3 is 4.74 Å². The fourth-order valence-electron chi connectivity index (χ4n) is 0.728. The highest BCUT2D eigenvalue weighted by atomic mass is 127. The van der Waals surface area contributed by atoms with Gasteiger partial charge in [-0.25, -0.2) is 4.98 Å². The average Bonchev–Trinajstić information content (AvgIpc) is 2.08. The molecule has 8 heteroatoms. The predicted molar refractivity (Wildman–Crippen MR) is 61.1 cm³/mol. The lowest BCUT2D eigenvalue weighted by Gasteiger charge is -2.09. The number of hydrogen-bond acceptors (Lipinski definition) is 3. The fraction of sp³-hybridized carbons (Fsp3) is 0.143. The highest BCUT2D eigenvalue weighted by Crippen LogP contribution is 2.26. The average molecular weight is 440 g/mol. The lowest BCUT2D eigenvalue weighted by molar-refractivity contribution is -0.276. The molecular weight excluding hydrogens is 439 g/mol. The second-order valence-corrected chi connectivity index (χ2v) is 4.37. The van der Waals surface area contributed by atoms with Crippen LogP contribution in [-0.2, 0) is 0 Å². The Morgan fingerprint density at radius 1 is 1.40 bits per heavy atom. The SMILES string of the molecule is N#Cc1cc(OC(F)(F)F)nc(I)c1I. The number of rotatable bonds is 1. The van der Waals surface area contributed by atoms with Crippen molar-refractivity contribution in [2.75, 3.05) is 0 Å². The highest BCUT2D eigenvalue weighted by molar-refractivity contribution is 14.1. The third-order valence-electron chi connectivity index (χ3n) is 1.23. The first kappa shape index (κ1) is 12.8. The van der Waals surface area contributed by atoms with Crippen LogP contribution in [0.15, 0.2) is 6.07 Å². The minimum Gasteiger partial charge on any atom is -0.388 e. The second kappa shape index (κ2) is 4.69. The molecule has 1 heterocycles. The number of nitrogens with zero attached hydrogens (tertiary/aromatic N) is 2. The van der Waals surface area contributed by atoms with Gasteiger partial charge in [-0.15, -0.1) is 13.2 Å². The van der Waals surface area contributed by atoms with E-state index in [1.165, 1.54) is 0 Å². The molecule has 0 saturated heterocycles. The summed E-state index contributed by atoms with van der Waals surface area (Å²) >= 11 is 3.56. The predicted octanol–water partition coefficient (Wildman–Crippen LogP) is 3.06. The van der Waals surface area contributed by atoms with Gasteiger partial charge in [0.25, 0.3) is 0 Å². The van der Waals surface area contributed by atoms with E-state index in [2.05, 4.69) is 9.72 Å². The van der Waals surface area contributed by atoms with Crippen LogP contribution >= 0.6 is 45.2 Å². The van der Waals surface area contributed by atoms with E-state index in [9.17, 15) is 13.2 Å². The van der Waals surface area contributed by atoms with E-state index in [0.717, 1.165) is 6.07 Å². The van der Waals surface area contributed by atoms with Crippen molar-refractivity contribution in [3.63, 3.8) is 0 Å². The zero-order valence-corrected chi connectivity index (χ0v) is 11.1. The van der Waals surface area contributed by atoms with Crippen molar-refractivity contribution in [3.8, 4) is 11.9 Å². The van der Waals surface area contributed by atoms with Crippen LogP contribution in [0.2, 0.25) is 0 Å². The van der Waals surface area contributed by atoms with Crippen molar-refractivity contribution in [1.82, 2.24) is 4.98 Å². The van der Waals surface area contributed by atoms with Crippen LogP contribution in [-0.4, -0.2) is 11.3 Å². The first-order chi connectivity index (χ1) is 6.83. The third kappa shape index (κ3) is 3.63. The van der Waals surface area contributed by atoms with Gasteiger partial charge in [-0.05, 0) is 45.2 Å². The number of halogens is 5. The molecule has 0 bridgehead atoms. The maximum atomic E-state index is 11.9. The summed E-state index contributed by atoms with van der Waals surface area (Å²) in [7, 11) is 0. The number of aromatic nitrogens is 1. The van der Waals surface area contributed by atoms with Gasteiger partial charge in [0.2, 0.25) is 5.88 Å². The zero-order valence-electron chi connectivity index (χ0n) is 6.77. The van der Waals surface area contributed by atoms with Crippen LogP contribution in [0.4, 0.5) is 13.2 Å². The van der Waals surface area contributed by atoms with Crippen molar-refractivity contribution in [1.29, 1.82) is 5.26 Å². The summed E-state index contributed by atoms with van der Waals surface area (Å²) in [5, 5.41) is 8.64. The van der Waals surface area contributed by atoms with Gasteiger partial charge in [0.05, 0.1) is 9.13 Å². The van der Waals surface area contributed by atoms with E-state index >= 15 is 0 Å². The molecule has 0 aliphatic heterocycles. The monoisotopic (exact) mass is 440 g/mol. The number of alkyl halides is 3. The van der Waals surface area contributed by atoms with Gasteiger partial charge in [-0.3, -0.25) is 0 Å². The largest absolute Gasteiger partial charge is 0.574 e. The molecular formula is C7HF3I2N2O. The molecule has 0 saturated carbocycles. The quantitative estimate of drug-likeness (QED) is 0.499. The van der Waals surface area contributed by atoms with Gasteiger partial charge in [-0.2, -0.15) is 5.26 Å². The topological polar surface area (TPSA) is 45.9 Å². The van der Waals surface area contributed by atoms with Gasteiger partial charge in [0.15, 0.2) is 0 Å². The van der Waals surface area contributed by atoms with Crippen LogP contribution in [0.5, 0.6) is 5.88 Å². The minimum absolute atomic E-state index is 0.106. The summed E-state index contributed by atoms with van der Waals surface area (Å²) in [5.74, 6) is -0.621. The molecule has 3 nitrogen and oxygen atoms in total. The van der Waals surface area contributed by atoms with Crippen LogP contribution in [0.3, 0.4) is 0 Å². The molecule has 0 spiro atoms. The molecule has 1 aromatic rings. The van der Waals surface area contributed by atoms with Crippen molar-refractivity contribution in [2.24, 2.45) is 0 Å². The van der Waals surface area contributed by atoms with Gasteiger partial charge in [0.1, 0.15) is 9.77 Å². The van der Waals surface area contributed by atoms with E-state index in [4.69, 9.17) is 5.26 Å². The Balaban J connectivity index is 3.13. The fourth-order valence-corrected chi connectivity index (χ4v) is 1.65. The molecule has 1 aromatic heterocycles. The summed E-state index contributed by atoms with van der Waals surface area (Å²) in [6, 6.07) is 2.72. The van der Waals surface area contributed by atoms with E-state index in [0.29, 0.717) is 7.27 Å². The summed E-state index contributed by atoms with van der Waals surface area (Å²) in [6.45, 7) is 0. The summed E-state index contributed by atoms with van der Waals surface area (Å²) < 4.78 is 40.0. The number of hydrogen-bond donors (Lipinski definition) is 0. The van der Waals surface area contributed by atoms with E-state index in [-0.39, 0.29) is 5.56 Å². The third-order valence-corrected chi connectivity index (χ3v) is 4.14. The normalized spacial score (nSPS) is 10.9. The first-order valence-electron chi connectivity index (χ1n) is 3.35. The van der Waals surface area contributed by atoms with Crippen LogP contribution in [0, 0.1) is 18.6 Å². The second-order valence-electron chi connectivity index (χ2n) is 2.27. The van der Waals surface area contributed by atoms with E-state index < -0.39 is 12.2 Å². The number of ether oxygens (including phenoxy) is 1. The number of pyridine rings is 1. The summed E-state index contributed by atoms with van der Waals surface area (Å²) in [4.78, 5) is 3.55. The van der Waals surface area contributed by atoms with Gasteiger partial charge >= 0.3 is 6.36 Å². The Labute approximate surface area is 110 Å². The molecule has 0 radical (unpaired) electrons. The van der Waals surface area contributed by atoms with Crippen molar-refractivity contribution in [3.05, 3.63) is 18.9 Å². The zero-order chi connectivity index (χ0) is 11.6. The Hall–Kier alpha value is -0.310. The van der Waals surface area contributed by atoms with Crippen molar-refractivity contribution >= 4 is 45.2 Å². The van der Waals surface area contributed by atoms with Gasteiger partial charge in [-0.1, -0.05) is 0 Å². The Morgan fingerprint density at radius 3 is 2.47 bits per heavy atom. The molecule has 1 rings (SSSR count). The van der Waals surface area contributed by atoms with E-state index in [1.54, 1.807) is 28.7 Å². The molecule has 0 N–H and O–H groups in total. The molecule has 0 aliphatic rings. The van der Waals surface area contributed by atoms with Crippen LogP contribution < -0.4 is 4.74 Å². The van der Waals surface area contributed by atoms with Crippen molar-refractivity contribution < 1.29 is 17.9 Å². The maximum absolute atomic E-state index is 11.9. The molecule has 0 unspecified atom stereocenters. The van der Waals surface area contributed by atoms with E-state index in [1.807, 2.05) is 22.6 Å². The number of nitriles is 1. The Morgan fingerprint density at radius 2 is 2.00 bits per heavy atom. The molecule has 0 amide bonds. The highest BCUT2D eigenvalue weighted by Gasteiger charge is 2.32. The lowest BCUT2D eigenvalue weighted by atomic mass is 10.3. The standard InChI is InChI=1S/C7HF3I2N2O/c8-7(9,10)15-4-1-3(2-13)5(11)6(12)14-4/h1H. The van der Waals surface area contributed by atoms with Gasteiger partial charge in [0, 0.05) is 6.07 Å². The smallest absolute Gasteiger partial charge is 0.388 e. The first-order valence-corrected chi connectivity index (χ1v) is 5.51. The Bertz CT molecular complexity index is 427.